The third-order valence-electron chi connectivity index (χ3n) is 3.39. The van der Waals surface area contributed by atoms with Crippen molar-refractivity contribution in [2.75, 3.05) is 5.32 Å². The fourth-order valence-corrected chi connectivity index (χ4v) is 2.38. The topological polar surface area (TPSA) is 66.4 Å². The van der Waals surface area contributed by atoms with Gasteiger partial charge in [0.1, 0.15) is 0 Å². The van der Waals surface area contributed by atoms with Crippen LogP contribution in [0.15, 0.2) is 24.3 Å². The average Bonchev–Trinajstić information content (AvgIpc) is 2.50. The maximum Gasteiger partial charge on any atom is 0.337 e. The van der Waals surface area contributed by atoms with Gasteiger partial charge >= 0.3 is 5.97 Å². The van der Waals surface area contributed by atoms with Crippen molar-refractivity contribution in [3.05, 3.63) is 29.8 Å². The molecule has 0 saturated heterocycles. The first-order valence-corrected chi connectivity index (χ1v) is 7.31. The quantitative estimate of drug-likeness (QED) is 0.879. The Kier molecular flexibility index (Phi) is 6.77. The number of rotatable bonds is 3. The van der Waals surface area contributed by atoms with Gasteiger partial charge in [0.25, 0.3) is 0 Å². The SMILES string of the molecule is CC.O=C(O)c1ccccc1NC(=O)C1CCCCC1. The van der Waals surface area contributed by atoms with E-state index in [9.17, 15) is 9.59 Å². The zero-order valence-electron chi connectivity index (χ0n) is 12.2. The van der Waals surface area contributed by atoms with Crippen LogP contribution in [-0.2, 0) is 4.79 Å². The molecule has 110 valence electrons. The highest BCUT2D eigenvalue weighted by atomic mass is 16.4. The minimum absolute atomic E-state index is 0.0283. The molecule has 1 fully saturated rings. The Hall–Kier alpha value is -1.84. The van der Waals surface area contributed by atoms with Crippen LogP contribution in [0.25, 0.3) is 0 Å². The minimum Gasteiger partial charge on any atom is -0.478 e. The molecule has 2 rings (SSSR count). The predicted octanol–water partition coefficient (Wildman–Crippen LogP) is 3.93. The lowest BCUT2D eigenvalue weighted by Gasteiger charge is -2.21. The average molecular weight is 277 g/mol. The molecular weight excluding hydrogens is 254 g/mol. The van der Waals surface area contributed by atoms with E-state index in [-0.39, 0.29) is 17.4 Å². The van der Waals surface area contributed by atoms with Gasteiger partial charge in [0.05, 0.1) is 11.3 Å². The van der Waals surface area contributed by atoms with Crippen molar-refractivity contribution in [2.24, 2.45) is 5.92 Å². The number of amides is 1. The molecule has 0 aliphatic heterocycles. The number of nitrogens with one attached hydrogen (secondary N) is 1. The Morgan fingerprint density at radius 2 is 1.70 bits per heavy atom. The van der Waals surface area contributed by atoms with E-state index in [1.54, 1.807) is 18.2 Å². The lowest BCUT2D eigenvalue weighted by Crippen LogP contribution is -2.25. The molecule has 20 heavy (non-hydrogen) atoms. The molecule has 4 nitrogen and oxygen atoms in total. The van der Waals surface area contributed by atoms with Crippen LogP contribution in [0.2, 0.25) is 0 Å². The van der Waals surface area contributed by atoms with Gasteiger partial charge in [-0.15, -0.1) is 0 Å². The first-order chi connectivity index (χ1) is 9.68. The summed E-state index contributed by atoms with van der Waals surface area (Å²) in [6, 6.07) is 6.51. The van der Waals surface area contributed by atoms with Crippen molar-refractivity contribution in [1.29, 1.82) is 0 Å². The highest BCUT2D eigenvalue weighted by molar-refractivity contribution is 6.01. The fourth-order valence-electron chi connectivity index (χ4n) is 2.38. The van der Waals surface area contributed by atoms with E-state index in [0.29, 0.717) is 5.69 Å². The van der Waals surface area contributed by atoms with Crippen LogP contribution in [0.1, 0.15) is 56.3 Å². The molecule has 4 heteroatoms. The Balaban J connectivity index is 0.000000956. The third-order valence-corrected chi connectivity index (χ3v) is 3.39. The summed E-state index contributed by atoms with van der Waals surface area (Å²) >= 11 is 0. The van der Waals surface area contributed by atoms with Gasteiger partial charge in [0, 0.05) is 5.92 Å². The zero-order valence-corrected chi connectivity index (χ0v) is 12.2. The highest BCUT2D eigenvalue weighted by Crippen LogP contribution is 2.25. The lowest BCUT2D eigenvalue weighted by molar-refractivity contribution is -0.120. The standard InChI is InChI=1S/C14H17NO3.C2H6/c16-13(10-6-2-1-3-7-10)15-12-9-5-4-8-11(12)14(17)18;1-2/h4-5,8-10H,1-3,6-7H2,(H,15,16)(H,17,18);1-2H3. The first kappa shape index (κ1) is 16.2. The third kappa shape index (κ3) is 4.37. The van der Waals surface area contributed by atoms with Crippen molar-refractivity contribution in [3.8, 4) is 0 Å². The van der Waals surface area contributed by atoms with E-state index in [2.05, 4.69) is 5.32 Å². The van der Waals surface area contributed by atoms with E-state index in [1.165, 1.54) is 12.5 Å². The maximum atomic E-state index is 12.0. The van der Waals surface area contributed by atoms with Crippen LogP contribution >= 0.6 is 0 Å². The summed E-state index contributed by atoms with van der Waals surface area (Å²) in [6.07, 6.45) is 5.16. The summed E-state index contributed by atoms with van der Waals surface area (Å²) in [6.45, 7) is 4.00. The van der Waals surface area contributed by atoms with Gasteiger partial charge in [0.2, 0.25) is 5.91 Å². The van der Waals surface area contributed by atoms with Crippen LogP contribution in [-0.4, -0.2) is 17.0 Å². The smallest absolute Gasteiger partial charge is 0.337 e. The number of aromatic carboxylic acids is 1. The van der Waals surface area contributed by atoms with E-state index in [0.717, 1.165) is 25.7 Å². The Labute approximate surface area is 120 Å². The number of hydrogen-bond acceptors (Lipinski definition) is 2. The normalized spacial score (nSPS) is 14.9. The molecule has 0 bridgehead atoms. The van der Waals surface area contributed by atoms with Gasteiger partial charge in [-0.05, 0) is 25.0 Å². The predicted molar refractivity (Wildman–Crippen MR) is 80.0 cm³/mol. The van der Waals surface area contributed by atoms with Crippen molar-refractivity contribution in [1.82, 2.24) is 0 Å². The molecule has 1 amide bonds. The molecular formula is C16H23NO3. The van der Waals surface area contributed by atoms with Crippen molar-refractivity contribution < 1.29 is 14.7 Å². The second kappa shape index (κ2) is 8.35. The van der Waals surface area contributed by atoms with Crippen molar-refractivity contribution >= 4 is 17.6 Å². The van der Waals surface area contributed by atoms with Gasteiger partial charge in [0.15, 0.2) is 0 Å². The van der Waals surface area contributed by atoms with Gasteiger partial charge in [-0.25, -0.2) is 4.79 Å². The highest BCUT2D eigenvalue weighted by Gasteiger charge is 2.22. The first-order valence-electron chi connectivity index (χ1n) is 7.31. The fraction of sp³-hybridized carbons (Fsp3) is 0.500. The molecule has 0 aromatic heterocycles. The number of para-hydroxylation sites is 1. The molecule has 1 aromatic carbocycles. The van der Waals surface area contributed by atoms with Crippen molar-refractivity contribution in [2.45, 2.75) is 46.0 Å². The zero-order chi connectivity index (χ0) is 15.0. The molecule has 0 radical (unpaired) electrons. The van der Waals surface area contributed by atoms with E-state index in [4.69, 9.17) is 5.11 Å². The number of carbonyl (C=O) groups excluding carboxylic acids is 1. The Morgan fingerprint density at radius 1 is 1.10 bits per heavy atom. The molecule has 0 unspecified atom stereocenters. The summed E-state index contributed by atoms with van der Waals surface area (Å²) in [5.41, 5.74) is 0.530. The second-order valence-corrected chi connectivity index (χ2v) is 4.67. The molecule has 1 aliphatic carbocycles. The van der Waals surface area contributed by atoms with E-state index >= 15 is 0 Å². The number of carboxylic acid groups (broad SMARTS) is 1. The number of carbonyl (C=O) groups is 2. The van der Waals surface area contributed by atoms with Crippen LogP contribution in [0.5, 0.6) is 0 Å². The van der Waals surface area contributed by atoms with Crippen molar-refractivity contribution in [3.63, 3.8) is 0 Å². The molecule has 1 aromatic rings. The van der Waals surface area contributed by atoms with Crippen LogP contribution < -0.4 is 5.32 Å². The van der Waals surface area contributed by atoms with Gasteiger partial charge in [-0.1, -0.05) is 45.2 Å². The molecule has 0 spiro atoms. The molecule has 2 N–H and O–H groups in total. The second-order valence-electron chi connectivity index (χ2n) is 4.67. The van der Waals surface area contributed by atoms with Crippen LogP contribution in [0.4, 0.5) is 5.69 Å². The maximum absolute atomic E-state index is 12.0. The summed E-state index contributed by atoms with van der Waals surface area (Å²) in [5.74, 6) is -1.04. The number of anilines is 1. The van der Waals surface area contributed by atoms with Gasteiger partial charge in [-0.2, -0.15) is 0 Å². The summed E-state index contributed by atoms with van der Waals surface area (Å²) in [4.78, 5) is 23.1. The minimum atomic E-state index is -1.02. The summed E-state index contributed by atoms with van der Waals surface area (Å²) in [7, 11) is 0. The summed E-state index contributed by atoms with van der Waals surface area (Å²) < 4.78 is 0. The number of benzene rings is 1. The molecule has 0 heterocycles. The number of hydrogen-bond donors (Lipinski definition) is 2. The van der Waals surface area contributed by atoms with Crippen LogP contribution in [0, 0.1) is 5.92 Å². The Bertz CT molecular complexity index is 451. The number of carboxylic acids is 1. The monoisotopic (exact) mass is 277 g/mol. The Morgan fingerprint density at radius 3 is 2.30 bits per heavy atom. The van der Waals surface area contributed by atoms with Gasteiger partial charge in [-0.3, -0.25) is 4.79 Å². The molecule has 0 atom stereocenters. The van der Waals surface area contributed by atoms with E-state index < -0.39 is 5.97 Å². The largest absolute Gasteiger partial charge is 0.478 e. The van der Waals surface area contributed by atoms with E-state index in [1.807, 2.05) is 13.8 Å². The van der Waals surface area contributed by atoms with Crippen LogP contribution in [0.3, 0.4) is 0 Å². The molecule has 1 saturated carbocycles. The summed E-state index contributed by atoms with van der Waals surface area (Å²) in [5, 5.41) is 11.8. The molecule has 1 aliphatic rings. The van der Waals surface area contributed by atoms with Gasteiger partial charge < -0.3 is 10.4 Å². The lowest BCUT2D eigenvalue weighted by atomic mass is 9.88.